The van der Waals surface area contributed by atoms with E-state index in [1.807, 2.05) is 6.92 Å². The molecule has 2 N–H and O–H groups in total. The number of fused-ring (bicyclic) bond motifs is 1. The van der Waals surface area contributed by atoms with Crippen LogP contribution in [0.1, 0.15) is 43.4 Å². The van der Waals surface area contributed by atoms with Gasteiger partial charge in [0.1, 0.15) is 0 Å². The molecule has 114 valence electrons. The summed E-state index contributed by atoms with van der Waals surface area (Å²) in [6, 6.07) is 8.63. The van der Waals surface area contributed by atoms with E-state index in [4.69, 9.17) is 0 Å². The summed E-state index contributed by atoms with van der Waals surface area (Å²) in [5.74, 6) is 0.649. The number of aryl methyl sites for hydroxylation is 1. The van der Waals surface area contributed by atoms with Gasteiger partial charge in [0, 0.05) is 23.1 Å². The van der Waals surface area contributed by atoms with Crippen LogP contribution in [0.2, 0.25) is 0 Å². The predicted octanol–water partition coefficient (Wildman–Crippen LogP) is 3.43. The number of nitrogens with one attached hydrogen (secondary N) is 1. The van der Waals surface area contributed by atoms with E-state index >= 15 is 0 Å². The standard InChI is InChI=1S/C18H26N2O/c1-3-15(21)12-20-10-8-14(9-11-20)18-13(2)19-17-7-5-4-6-16(17)18/h4-7,14-15,19,21H,3,8-12H2,1-2H3. The van der Waals surface area contributed by atoms with Gasteiger partial charge in [0.15, 0.2) is 0 Å². The summed E-state index contributed by atoms with van der Waals surface area (Å²) in [5, 5.41) is 11.2. The first-order valence-corrected chi connectivity index (χ1v) is 8.16. The molecule has 2 aromatic rings. The van der Waals surface area contributed by atoms with E-state index in [0.717, 1.165) is 26.1 Å². The Hall–Kier alpha value is -1.32. The molecule has 21 heavy (non-hydrogen) atoms. The van der Waals surface area contributed by atoms with Gasteiger partial charge in [-0.3, -0.25) is 0 Å². The Balaban J connectivity index is 1.72. The molecule has 1 aliphatic heterocycles. The summed E-state index contributed by atoms with van der Waals surface area (Å²) in [5.41, 5.74) is 4.10. The number of aliphatic hydroxyl groups excluding tert-OH is 1. The first-order valence-electron chi connectivity index (χ1n) is 8.16. The maximum Gasteiger partial charge on any atom is 0.0664 e. The minimum atomic E-state index is -0.170. The van der Waals surface area contributed by atoms with Crippen LogP contribution in [0.5, 0.6) is 0 Å². The Labute approximate surface area is 127 Å². The lowest BCUT2D eigenvalue weighted by Gasteiger charge is -2.33. The highest BCUT2D eigenvalue weighted by atomic mass is 16.3. The number of likely N-dealkylation sites (tertiary alicyclic amines) is 1. The van der Waals surface area contributed by atoms with Crippen molar-refractivity contribution < 1.29 is 5.11 Å². The van der Waals surface area contributed by atoms with Gasteiger partial charge < -0.3 is 15.0 Å². The maximum absolute atomic E-state index is 9.80. The number of hydrogen-bond acceptors (Lipinski definition) is 2. The number of benzene rings is 1. The van der Waals surface area contributed by atoms with E-state index in [9.17, 15) is 5.11 Å². The molecule has 1 saturated heterocycles. The maximum atomic E-state index is 9.80. The molecule has 0 spiro atoms. The number of aromatic nitrogens is 1. The fourth-order valence-corrected chi connectivity index (χ4v) is 3.66. The first kappa shape index (κ1) is 14.6. The van der Waals surface area contributed by atoms with Crippen molar-refractivity contribution in [1.29, 1.82) is 0 Å². The summed E-state index contributed by atoms with van der Waals surface area (Å²) in [4.78, 5) is 5.93. The second-order valence-electron chi connectivity index (χ2n) is 6.35. The van der Waals surface area contributed by atoms with Gasteiger partial charge in [-0.15, -0.1) is 0 Å². The molecule has 0 saturated carbocycles. The molecule has 1 fully saturated rings. The molecule has 0 aliphatic carbocycles. The zero-order chi connectivity index (χ0) is 14.8. The summed E-state index contributed by atoms with van der Waals surface area (Å²) >= 11 is 0. The van der Waals surface area contributed by atoms with Gasteiger partial charge in [-0.2, -0.15) is 0 Å². The number of nitrogens with zero attached hydrogens (tertiary/aromatic N) is 1. The summed E-state index contributed by atoms with van der Waals surface area (Å²) in [6.07, 6.45) is 3.07. The van der Waals surface area contributed by atoms with Crippen molar-refractivity contribution >= 4 is 10.9 Å². The van der Waals surface area contributed by atoms with Crippen LogP contribution in [0.25, 0.3) is 10.9 Å². The topological polar surface area (TPSA) is 39.3 Å². The average molecular weight is 286 g/mol. The van der Waals surface area contributed by atoms with Crippen molar-refractivity contribution in [2.24, 2.45) is 0 Å². The van der Waals surface area contributed by atoms with Crippen molar-refractivity contribution in [1.82, 2.24) is 9.88 Å². The number of aliphatic hydroxyl groups is 1. The molecule has 1 unspecified atom stereocenters. The van der Waals surface area contributed by atoms with Crippen LogP contribution in [0.15, 0.2) is 24.3 Å². The van der Waals surface area contributed by atoms with E-state index < -0.39 is 0 Å². The molecule has 0 radical (unpaired) electrons. The Bertz CT molecular complexity index is 596. The van der Waals surface area contributed by atoms with Gasteiger partial charge in [-0.25, -0.2) is 0 Å². The minimum absolute atomic E-state index is 0.170. The third kappa shape index (κ3) is 2.99. The molecule has 3 rings (SSSR count). The molecule has 0 bridgehead atoms. The van der Waals surface area contributed by atoms with Crippen molar-refractivity contribution in [3.8, 4) is 0 Å². The minimum Gasteiger partial charge on any atom is -0.392 e. The molecule has 1 aromatic carbocycles. The van der Waals surface area contributed by atoms with E-state index in [1.54, 1.807) is 0 Å². The van der Waals surface area contributed by atoms with Crippen LogP contribution in [0.3, 0.4) is 0 Å². The molecule has 3 nitrogen and oxygen atoms in total. The third-order valence-corrected chi connectivity index (χ3v) is 4.88. The summed E-state index contributed by atoms with van der Waals surface area (Å²) < 4.78 is 0. The highest BCUT2D eigenvalue weighted by Crippen LogP contribution is 2.35. The molecule has 2 heterocycles. The van der Waals surface area contributed by atoms with Gasteiger partial charge in [0.2, 0.25) is 0 Å². The Morgan fingerprint density at radius 2 is 2.00 bits per heavy atom. The van der Waals surface area contributed by atoms with Crippen molar-refractivity contribution in [3.05, 3.63) is 35.5 Å². The smallest absolute Gasteiger partial charge is 0.0664 e. The molecule has 1 aromatic heterocycles. The Morgan fingerprint density at radius 1 is 1.29 bits per heavy atom. The number of H-pyrrole nitrogens is 1. The van der Waals surface area contributed by atoms with Crippen LogP contribution in [-0.4, -0.2) is 40.7 Å². The quantitative estimate of drug-likeness (QED) is 0.904. The molecule has 1 atom stereocenters. The van der Waals surface area contributed by atoms with Crippen LogP contribution in [-0.2, 0) is 0 Å². The van der Waals surface area contributed by atoms with Gasteiger partial charge >= 0.3 is 0 Å². The molecule has 1 aliphatic rings. The van der Waals surface area contributed by atoms with Crippen LogP contribution < -0.4 is 0 Å². The van der Waals surface area contributed by atoms with Crippen LogP contribution in [0, 0.1) is 6.92 Å². The Kier molecular flexibility index (Phi) is 4.32. The fraction of sp³-hybridized carbons (Fsp3) is 0.556. The average Bonchev–Trinajstić information content (AvgIpc) is 2.84. The highest BCUT2D eigenvalue weighted by molar-refractivity contribution is 5.85. The van der Waals surface area contributed by atoms with Crippen molar-refractivity contribution in [3.63, 3.8) is 0 Å². The van der Waals surface area contributed by atoms with Crippen molar-refractivity contribution in [2.45, 2.75) is 45.1 Å². The molecule has 0 amide bonds. The number of para-hydroxylation sites is 1. The lowest BCUT2D eigenvalue weighted by molar-refractivity contribution is 0.0945. The van der Waals surface area contributed by atoms with Crippen molar-refractivity contribution in [2.75, 3.05) is 19.6 Å². The van der Waals surface area contributed by atoms with Gasteiger partial charge in [-0.05, 0) is 56.8 Å². The number of aromatic amines is 1. The molecule has 3 heteroatoms. The van der Waals surface area contributed by atoms with Crippen LogP contribution >= 0.6 is 0 Å². The number of β-amino-alcohol motifs (C(OH)–C–C–N with tert-alkyl or cyclic N) is 1. The largest absolute Gasteiger partial charge is 0.392 e. The Morgan fingerprint density at radius 3 is 2.71 bits per heavy atom. The summed E-state index contributed by atoms with van der Waals surface area (Å²) in [6.45, 7) is 7.27. The lowest BCUT2D eigenvalue weighted by Crippen LogP contribution is -2.38. The number of piperidine rings is 1. The normalized spacial score (nSPS) is 19.2. The van der Waals surface area contributed by atoms with E-state index in [1.165, 1.54) is 35.0 Å². The molecular weight excluding hydrogens is 260 g/mol. The monoisotopic (exact) mass is 286 g/mol. The number of hydrogen-bond donors (Lipinski definition) is 2. The highest BCUT2D eigenvalue weighted by Gasteiger charge is 2.25. The summed E-state index contributed by atoms with van der Waals surface area (Å²) in [7, 11) is 0. The second kappa shape index (κ2) is 6.20. The third-order valence-electron chi connectivity index (χ3n) is 4.88. The van der Waals surface area contributed by atoms with Gasteiger partial charge in [-0.1, -0.05) is 25.1 Å². The molecular formula is C18H26N2O. The van der Waals surface area contributed by atoms with E-state index in [0.29, 0.717) is 5.92 Å². The SMILES string of the molecule is CCC(O)CN1CCC(c2c(C)[nH]c3ccccc23)CC1. The number of rotatable bonds is 4. The first-order chi connectivity index (χ1) is 10.2. The van der Waals surface area contributed by atoms with Crippen LogP contribution in [0.4, 0.5) is 0 Å². The van der Waals surface area contributed by atoms with Gasteiger partial charge in [0.25, 0.3) is 0 Å². The van der Waals surface area contributed by atoms with Gasteiger partial charge in [0.05, 0.1) is 6.10 Å². The van der Waals surface area contributed by atoms with E-state index in [2.05, 4.69) is 41.1 Å². The fourth-order valence-electron chi connectivity index (χ4n) is 3.66. The van der Waals surface area contributed by atoms with E-state index in [-0.39, 0.29) is 6.10 Å². The lowest BCUT2D eigenvalue weighted by atomic mass is 9.87. The predicted molar refractivity (Wildman–Crippen MR) is 87.7 cm³/mol. The zero-order valence-corrected chi connectivity index (χ0v) is 13.1. The second-order valence-corrected chi connectivity index (χ2v) is 6.35. The zero-order valence-electron chi connectivity index (χ0n) is 13.1.